The van der Waals surface area contributed by atoms with Crippen LogP contribution >= 0.6 is 22.9 Å². The SMILES string of the molecule is O=C(O)[C@@]1(CC2CC2)CN(S(=O)(=O)c2ccc(Cl)s2)CC[C@H]1O. The highest BCUT2D eigenvalue weighted by Gasteiger charge is 2.53. The molecule has 2 atom stereocenters. The van der Waals surface area contributed by atoms with E-state index >= 15 is 0 Å². The van der Waals surface area contributed by atoms with E-state index in [-0.39, 0.29) is 29.6 Å². The second-order valence-corrected chi connectivity index (χ2v) is 10.2. The molecule has 0 amide bonds. The van der Waals surface area contributed by atoms with Crippen LogP contribution in [-0.2, 0) is 14.8 Å². The van der Waals surface area contributed by atoms with Crippen molar-refractivity contribution in [1.29, 1.82) is 0 Å². The molecule has 0 unspecified atom stereocenters. The minimum absolute atomic E-state index is 0.101. The Balaban J connectivity index is 1.91. The standard InChI is InChI=1S/C14H18ClNO5S2/c15-11-3-4-12(22-11)23(20,21)16-6-5-10(17)14(8-16,13(18)19)7-9-1-2-9/h3-4,9-10,17H,1-2,5-8H2,(H,18,19)/t10-,14+/m1/s1. The predicted octanol–water partition coefficient (Wildman–Crippen LogP) is 2.03. The minimum atomic E-state index is -3.79. The lowest BCUT2D eigenvalue weighted by Gasteiger charge is -2.42. The summed E-state index contributed by atoms with van der Waals surface area (Å²) < 4.78 is 27.1. The third kappa shape index (κ3) is 3.15. The second kappa shape index (κ2) is 6.00. The fourth-order valence-electron chi connectivity index (χ4n) is 3.15. The number of nitrogens with zero attached hydrogens (tertiary/aromatic N) is 1. The van der Waals surface area contributed by atoms with E-state index in [1.54, 1.807) is 0 Å². The highest BCUT2D eigenvalue weighted by molar-refractivity contribution is 7.91. The van der Waals surface area contributed by atoms with E-state index in [9.17, 15) is 23.4 Å². The number of carboxylic acid groups (broad SMARTS) is 1. The minimum Gasteiger partial charge on any atom is -0.481 e. The van der Waals surface area contributed by atoms with E-state index in [1.807, 2.05) is 0 Å². The molecule has 1 saturated heterocycles. The van der Waals surface area contributed by atoms with Crippen LogP contribution < -0.4 is 0 Å². The molecular formula is C14H18ClNO5S2. The summed E-state index contributed by atoms with van der Waals surface area (Å²) in [7, 11) is -3.79. The fraction of sp³-hybridized carbons (Fsp3) is 0.643. The molecule has 2 aliphatic rings. The van der Waals surface area contributed by atoms with Gasteiger partial charge in [0.1, 0.15) is 9.62 Å². The Bertz CT molecular complexity index is 715. The number of thiophene rings is 1. The lowest BCUT2D eigenvalue weighted by atomic mass is 9.74. The molecule has 1 saturated carbocycles. The molecule has 1 aliphatic heterocycles. The third-order valence-electron chi connectivity index (χ3n) is 4.67. The second-order valence-electron chi connectivity index (χ2n) is 6.31. The number of halogens is 1. The van der Waals surface area contributed by atoms with Gasteiger partial charge in [0.2, 0.25) is 0 Å². The van der Waals surface area contributed by atoms with E-state index in [0.717, 1.165) is 24.2 Å². The summed E-state index contributed by atoms with van der Waals surface area (Å²) in [6.07, 6.45) is 1.29. The van der Waals surface area contributed by atoms with Gasteiger partial charge in [-0.1, -0.05) is 24.4 Å². The molecule has 1 aliphatic carbocycles. The van der Waals surface area contributed by atoms with Crippen molar-refractivity contribution in [1.82, 2.24) is 4.31 Å². The Morgan fingerprint density at radius 2 is 2.09 bits per heavy atom. The van der Waals surface area contributed by atoms with Gasteiger partial charge in [0.25, 0.3) is 10.0 Å². The lowest BCUT2D eigenvalue weighted by molar-refractivity contribution is -0.162. The molecule has 23 heavy (non-hydrogen) atoms. The van der Waals surface area contributed by atoms with Crippen LogP contribution in [-0.4, -0.2) is 48.1 Å². The van der Waals surface area contributed by atoms with Crippen molar-refractivity contribution in [2.24, 2.45) is 11.3 Å². The number of rotatable bonds is 5. The topological polar surface area (TPSA) is 94.9 Å². The number of aliphatic hydroxyl groups is 1. The molecule has 2 heterocycles. The largest absolute Gasteiger partial charge is 0.481 e. The van der Waals surface area contributed by atoms with Crippen LogP contribution in [0.5, 0.6) is 0 Å². The molecule has 0 aromatic carbocycles. The number of aliphatic carboxylic acids is 1. The van der Waals surface area contributed by atoms with Gasteiger partial charge >= 0.3 is 5.97 Å². The van der Waals surface area contributed by atoms with Crippen LogP contribution in [0.25, 0.3) is 0 Å². The first-order chi connectivity index (χ1) is 10.8. The summed E-state index contributed by atoms with van der Waals surface area (Å²) in [5.74, 6) is -0.861. The van der Waals surface area contributed by atoms with Gasteiger partial charge in [0.15, 0.2) is 0 Å². The number of sulfonamides is 1. The predicted molar refractivity (Wildman–Crippen MR) is 86.1 cm³/mol. The summed E-state index contributed by atoms with van der Waals surface area (Å²) in [6.45, 7) is -0.0867. The summed E-state index contributed by atoms with van der Waals surface area (Å²) in [5.41, 5.74) is -1.42. The number of piperidine rings is 1. The van der Waals surface area contributed by atoms with Crippen LogP contribution in [0.3, 0.4) is 0 Å². The normalized spacial score (nSPS) is 29.6. The molecule has 128 valence electrons. The van der Waals surface area contributed by atoms with E-state index in [2.05, 4.69) is 0 Å². The van der Waals surface area contributed by atoms with Crippen molar-refractivity contribution < 1.29 is 23.4 Å². The summed E-state index contributed by atoms with van der Waals surface area (Å²) >= 11 is 6.76. The van der Waals surface area contributed by atoms with Crippen molar-refractivity contribution in [2.75, 3.05) is 13.1 Å². The van der Waals surface area contributed by atoms with Crippen LogP contribution in [0, 0.1) is 11.3 Å². The van der Waals surface area contributed by atoms with Gasteiger partial charge < -0.3 is 10.2 Å². The first-order valence-corrected chi connectivity index (χ1v) is 10.1. The average molecular weight is 380 g/mol. The average Bonchev–Trinajstić information content (AvgIpc) is 3.18. The number of hydrogen-bond acceptors (Lipinski definition) is 5. The number of carbonyl (C=O) groups is 1. The van der Waals surface area contributed by atoms with E-state index < -0.39 is 27.5 Å². The number of carboxylic acids is 1. The molecule has 6 nitrogen and oxygen atoms in total. The van der Waals surface area contributed by atoms with E-state index in [4.69, 9.17) is 11.6 Å². The molecule has 2 fully saturated rings. The zero-order valence-corrected chi connectivity index (χ0v) is 14.7. The van der Waals surface area contributed by atoms with Gasteiger partial charge in [0, 0.05) is 13.1 Å². The van der Waals surface area contributed by atoms with Gasteiger partial charge in [-0.05, 0) is 30.9 Å². The van der Waals surface area contributed by atoms with Crippen LogP contribution in [0.15, 0.2) is 16.3 Å². The van der Waals surface area contributed by atoms with Crippen molar-refractivity contribution in [3.8, 4) is 0 Å². The first-order valence-electron chi connectivity index (χ1n) is 7.43. The zero-order chi connectivity index (χ0) is 16.8. The molecule has 1 aromatic rings. The smallest absolute Gasteiger partial charge is 0.313 e. The summed E-state index contributed by atoms with van der Waals surface area (Å²) in [6, 6.07) is 2.93. The molecule has 0 radical (unpaired) electrons. The monoisotopic (exact) mass is 379 g/mol. The summed E-state index contributed by atoms with van der Waals surface area (Å²) in [4.78, 5) is 11.9. The maximum absolute atomic E-state index is 12.7. The van der Waals surface area contributed by atoms with Crippen molar-refractivity contribution in [3.05, 3.63) is 16.5 Å². The quantitative estimate of drug-likeness (QED) is 0.816. The first kappa shape index (κ1) is 17.2. The molecule has 0 spiro atoms. The van der Waals surface area contributed by atoms with E-state index in [1.165, 1.54) is 16.4 Å². The van der Waals surface area contributed by atoms with Gasteiger partial charge in [-0.2, -0.15) is 4.31 Å². The van der Waals surface area contributed by atoms with Gasteiger partial charge in [-0.3, -0.25) is 4.79 Å². The Morgan fingerprint density at radius 3 is 2.61 bits per heavy atom. The molecule has 2 N–H and O–H groups in total. The Labute approximate surface area is 143 Å². The third-order valence-corrected chi connectivity index (χ3v) is 8.21. The van der Waals surface area contributed by atoms with Crippen LogP contribution in [0.2, 0.25) is 4.34 Å². The van der Waals surface area contributed by atoms with Gasteiger partial charge in [-0.15, -0.1) is 11.3 Å². The van der Waals surface area contributed by atoms with Crippen LogP contribution in [0.4, 0.5) is 0 Å². The molecule has 9 heteroatoms. The fourth-order valence-corrected chi connectivity index (χ4v) is 6.31. The molecule has 1 aromatic heterocycles. The van der Waals surface area contributed by atoms with E-state index in [0.29, 0.717) is 10.8 Å². The van der Waals surface area contributed by atoms with Gasteiger partial charge in [-0.25, -0.2) is 8.42 Å². The Hall–Kier alpha value is -0.670. The van der Waals surface area contributed by atoms with Gasteiger partial charge in [0.05, 0.1) is 10.4 Å². The molecule has 3 rings (SSSR count). The Morgan fingerprint density at radius 1 is 1.39 bits per heavy atom. The zero-order valence-electron chi connectivity index (χ0n) is 12.3. The maximum Gasteiger partial charge on any atom is 0.313 e. The van der Waals surface area contributed by atoms with Crippen molar-refractivity contribution >= 4 is 38.9 Å². The maximum atomic E-state index is 12.7. The summed E-state index contributed by atoms with van der Waals surface area (Å²) in [5, 5.41) is 20.0. The molecular weight excluding hydrogens is 362 g/mol. The van der Waals surface area contributed by atoms with Crippen molar-refractivity contribution in [2.45, 2.75) is 36.0 Å². The highest BCUT2D eigenvalue weighted by atomic mass is 35.5. The Kier molecular flexibility index (Phi) is 4.48. The molecule has 0 bridgehead atoms. The lowest BCUT2D eigenvalue weighted by Crippen LogP contribution is -2.57. The highest BCUT2D eigenvalue weighted by Crippen LogP contribution is 2.46. The number of aliphatic hydroxyl groups excluding tert-OH is 1. The number of hydrogen-bond donors (Lipinski definition) is 2. The van der Waals surface area contributed by atoms with Crippen LogP contribution in [0.1, 0.15) is 25.7 Å². The van der Waals surface area contributed by atoms with Crippen molar-refractivity contribution in [3.63, 3.8) is 0 Å².